The standard InChI is InChI=1S/C29H37ClFN7O.C28H36ClN7O.C27H33ClFN7O.C23H28ClFN8/c1-17(2)38-9-5-6-25(38)29(39)37-10-7-20(8-11-37)22-15-24(31)21(12-18(22)3)14-26-32-16-23(30)28(33-26)34-27-13-19(4)35-36-27;1-17-13-22(20-7-10-36(11-8-20)28(37)24-6-5-9-35(24)4)18(2)12-21(17)15-25-30-16-23(29)27(31-25)32-26-14-19(3)33-34-26;1-16-11-19(13-24-30-15-21(28)26(31-24)32-25-12-17(2)33-34-25)22(29)14-20(16)18-6-9-36(10-7-18)27(37)23-5-4-8-35(23)3;1-13-7-20(19(25)9-17(13)15-3-5-33(6-4-15)16-10-26-11-16)28-23-27-12-18(24)22(30-23)29-21-8-14(2)31-32-21/h12-13,15-17,20,25H,5-11,14H2,1-4H3,(H2,32,33,34,35,36);12-14,16,20,24H,5-11,15H2,1-4H3,(H2,30,31,32,33,34);11-12,14-15,18,23H,4-10,13H2,1-3H3,(H2,30,31,32,33,34);7-9,12,15-16,26H,3-6,10-11H2,1-2H3,(H3,27,28,29,30,31,32)/t25-;24-;23-;/m111./s1. The number of likely N-dealkylation sites (N-methyl/N-ethyl adjacent to an activating group) is 2. The summed E-state index contributed by atoms with van der Waals surface area (Å²) < 4.78 is 45.7. The Morgan fingerprint density at radius 3 is 1.05 bits per heavy atom. The van der Waals surface area contributed by atoms with Crippen LogP contribution in [-0.4, -0.2) is 262 Å². The molecule has 4 aromatic carbocycles. The Hall–Kier alpha value is -11.8. The number of aromatic amines is 4. The molecule has 12 aromatic rings. The molecule has 0 spiro atoms. The summed E-state index contributed by atoms with van der Waals surface area (Å²) in [7, 11) is 4.10. The average molecular weight is 2070 g/mol. The number of nitrogens with one attached hydrogen (secondary N) is 10. The largest absolute Gasteiger partial charge is 0.341 e. The highest BCUT2D eigenvalue weighted by molar-refractivity contribution is 6.34. The van der Waals surface area contributed by atoms with Gasteiger partial charge < -0.3 is 46.6 Å². The highest BCUT2D eigenvalue weighted by Gasteiger charge is 2.40. The van der Waals surface area contributed by atoms with E-state index in [0.717, 1.165) is 231 Å². The van der Waals surface area contributed by atoms with Crippen molar-refractivity contribution in [1.82, 2.24) is 120 Å². The molecule has 10 N–H and O–H groups in total. The summed E-state index contributed by atoms with van der Waals surface area (Å²) in [6, 6.07) is 23.8. The van der Waals surface area contributed by atoms with Gasteiger partial charge in [-0.25, -0.2) is 48.1 Å². The molecule has 8 aliphatic rings. The molecule has 0 saturated carbocycles. The number of benzene rings is 4. The Kier molecular flexibility index (Phi) is 34.4. The second-order valence-electron chi connectivity index (χ2n) is 40.9. The van der Waals surface area contributed by atoms with Crippen LogP contribution >= 0.6 is 46.4 Å². The zero-order chi connectivity index (χ0) is 103. The molecule has 0 aliphatic carbocycles. The molecule has 32 nitrogen and oxygen atoms in total. The molecular weight excluding hydrogens is 1940 g/mol. The van der Waals surface area contributed by atoms with Gasteiger partial charge >= 0.3 is 0 Å². The molecule has 3 amide bonds. The van der Waals surface area contributed by atoms with Gasteiger partial charge in [-0.05, 0) is 328 Å². The second kappa shape index (κ2) is 47.6. The number of aromatic nitrogens is 16. The van der Waals surface area contributed by atoms with Gasteiger partial charge in [-0.15, -0.1) is 0 Å². The van der Waals surface area contributed by atoms with Crippen LogP contribution in [0.3, 0.4) is 0 Å². The number of rotatable bonds is 25. The SMILES string of the molecule is Cc1cc(Nc2nc(Cc3cc(C)c(C4CCN(C(=O)[C@H]5CCCN5C(C)C)CC4)cc3F)ncc2Cl)n[nH]1.Cc1cc(Nc2nc(Cc3cc(C)c(C4CCN(C(=O)[C@H]5CCCN5C)CC4)cc3C)ncc2Cl)n[nH]1.Cc1cc(Nc2nc(Cc3cc(C)c(C4CCN(C(=O)[C@H]5CCCN5C)CC4)cc3F)ncc2Cl)n[nH]1.Cc1cc(Nc2nc(Nc3cc(C)c(C4CCN(C5CNC5)CC4)cc3F)ncc2Cl)n[nH]1. The van der Waals surface area contributed by atoms with Crippen LogP contribution < -0.4 is 31.9 Å². The van der Waals surface area contributed by atoms with Crippen LogP contribution in [0.1, 0.15) is 234 Å². The molecule has 0 radical (unpaired) electrons. The van der Waals surface area contributed by atoms with E-state index in [1.165, 1.54) is 40.8 Å². The van der Waals surface area contributed by atoms with Gasteiger partial charge in [0.25, 0.3) is 0 Å². The minimum absolute atomic E-state index is 0.00853. The molecule has 8 fully saturated rings. The number of carbonyl (C=O) groups is 3. The van der Waals surface area contributed by atoms with Crippen LogP contribution in [0, 0.1) is 79.8 Å². The van der Waals surface area contributed by atoms with Crippen molar-refractivity contribution in [3.8, 4) is 0 Å². The number of halogens is 7. The first-order chi connectivity index (χ1) is 70.2. The van der Waals surface area contributed by atoms with Gasteiger partial charge in [0.1, 0.15) is 55.0 Å². The Labute approximate surface area is 871 Å². The van der Waals surface area contributed by atoms with Gasteiger partial charge in [-0.1, -0.05) is 70.7 Å². The number of amides is 3. The molecule has 8 saturated heterocycles. The maximum Gasteiger partial charge on any atom is 0.239 e. The first kappa shape index (κ1) is 106. The lowest BCUT2D eigenvalue weighted by molar-refractivity contribution is -0.138. The summed E-state index contributed by atoms with van der Waals surface area (Å²) in [6.45, 7) is 34.3. The molecule has 39 heteroatoms. The first-order valence-electron chi connectivity index (χ1n) is 51.2. The summed E-state index contributed by atoms with van der Waals surface area (Å²) in [5, 5.41) is 48.4. The first-order valence-corrected chi connectivity index (χ1v) is 52.7. The lowest BCUT2D eigenvalue weighted by Gasteiger charge is -2.42. The predicted octanol–water partition coefficient (Wildman–Crippen LogP) is 19.4. The fourth-order valence-corrected chi connectivity index (χ4v) is 22.4. The monoisotopic (exact) mass is 2070 g/mol. The zero-order valence-corrected chi connectivity index (χ0v) is 88.5. The van der Waals surface area contributed by atoms with Crippen LogP contribution in [0.25, 0.3) is 0 Å². The number of aryl methyl sites for hydroxylation is 9. The van der Waals surface area contributed by atoms with E-state index in [1.807, 2.05) is 108 Å². The quantitative estimate of drug-likeness (QED) is 0.0254. The van der Waals surface area contributed by atoms with E-state index in [0.29, 0.717) is 137 Å². The molecule has 8 aliphatic heterocycles. The maximum absolute atomic E-state index is 15.3. The Morgan fingerprint density at radius 2 is 0.699 bits per heavy atom. The Bertz CT molecular complexity index is 6400. The normalized spacial score (nSPS) is 18.6. The number of hydrogen-bond acceptors (Lipinski definition) is 25. The minimum atomic E-state index is -0.308. The number of anilines is 10. The van der Waals surface area contributed by atoms with Gasteiger partial charge in [-0.3, -0.25) is 54.4 Å². The Balaban J connectivity index is 0.000000133. The maximum atomic E-state index is 15.3. The van der Waals surface area contributed by atoms with E-state index in [4.69, 9.17) is 46.4 Å². The summed E-state index contributed by atoms with van der Waals surface area (Å²) in [5.41, 5.74) is 16.6. The van der Waals surface area contributed by atoms with Crippen LogP contribution in [0.15, 0.2) is 97.6 Å². The molecule has 16 heterocycles. The van der Waals surface area contributed by atoms with Gasteiger partial charge in [-0.2, -0.15) is 25.4 Å². The number of nitrogens with zero attached hydrogens (tertiary/aromatic N) is 19. The minimum Gasteiger partial charge on any atom is -0.341 e. The van der Waals surface area contributed by atoms with Crippen molar-refractivity contribution < 1.29 is 27.6 Å². The highest BCUT2D eigenvalue weighted by atomic mass is 35.5. The van der Waals surface area contributed by atoms with Gasteiger partial charge in [0.05, 0.1) is 48.6 Å². The summed E-state index contributed by atoms with van der Waals surface area (Å²) in [6.07, 6.45) is 21.0. The van der Waals surface area contributed by atoms with Crippen molar-refractivity contribution in [3.63, 3.8) is 0 Å². The molecule has 3 atom stereocenters. The fraction of sp³-hybridized carbons (Fsp3) is 0.486. The third-order valence-corrected chi connectivity index (χ3v) is 31.1. The van der Waals surface area contributed by atoms with Crippen molar-refractivity contribution in [2.45, 2.75) is 239 Å². The third-order valence-electron chi connectivity index (χ3n) is 30.0. The number of H-pyrrole nitrogens is 4. The lowest BCUT2D eigenvalue weighted by Crippen LogP contribution is -2.58. The fourth-order valence-electron chi connectivity index (χ4n) is 21.8. The number of piperidine rings is 4. The van der Waals surface area contributed by atoms with Crippen molar-refractivity contribution in [2.24, 2.45) is 0 Å². The van der Waals surface area contributed by atoms with Crippen molar-refractivity contribution >= 4 is 122 Å². The third kappa shape index (κ3) is 25.9. The van der Waals surface area contributed by atoms with Crippen LogP contribution in [0.4, 0.5) is 71.3 Å². The van der Waals surface area contributed by atoms with Crippen LogP contribution in [0.2, 0.25) is 20.1 Å². The predicted molar refractivity (Wildman–Crippen MR) is 568 cm³/mol. The molecule has 0 unspecified atom stereocenters. The number of hydrogen-bond donors (Lipinski definition) is 10. The Morgan fingerprint density at radius 1 is 0.370 bits per heavy atom. The number of likely N-dealkylation sites (tertiary alicyclic amines) is 7. The molecule has 0 bridgehead atoms. The van der Waals surface area contributed by atoms with E-state index in [1.54, 1.807) is 24.4 Å². The topological polar surface area (TPSA) is 364 Å². The molecule has 20 rings (SSSR count). The van der Waals surface area contributed by atoms with E-state index < -0.39 is 0 Å². The molecule has 774 valence electrons. The molecule has 146 heavy (non-hydrogen) atoms. The van der Waals surface area contributed by atoms with E-state index in [-0.39, 0.29) is 78.0 Å². The zero-order valence-electron chi connectivity index (χ0n) is 85.5. The smallest absolute Gasteiger partial charge is 0.239 e. The molecule has 8 aromatic heterocycles. The second-order valence-corrected chi connectivity index (χ2v) is 42.5. The number of carbonyl (C=O) groups excluding carboxylic acids is 3. The molecular formula is C107H134Cl4F3N29O3. The lowest BCUT2D eigenvalue weighted by atomic mass is 9.84. The summed E-state index contributed by atoms with van der Waals surface area (Å²) in [5.74, 6) is 7.49. The van der Waals surface area contributed by atoms with E-state index >= 15 is 13.2 Å². The van der Waals surface area contributed by atoms with Crippen LogP contribution in [0.5, 0.6) is 0 Å². The van der Waals surface area contributed by atoms with E-state index in [2.05, 4.69) is 184 Å². The van der Waals surface area contributed by atoms with E-state index in [9.17, 15) is 14.4 Å². The highest BCUT2D eigenvalue weighted by Crippen LogP contribution is 2.42. The van der Waals surface area contributed by atoms with Gasteiger partial charge in [0, 0.05) is 131 Å². The van der Waals surface area contributed by atoms with Crippen molar-refractivity contribution in [3.05, 3.63) is 242 Å². The summed E-state index contributed by atoms with van der Waals surface area (Å²) >= 11 is 25.1. The van der Waals surface area contributed by atoms with Gasteiger partial charge in [0.2, 0.25) is 23.7 Å². The van der Waals surface area contributed by atoms with Gasteiger partial charge in [0.15, 0.2) is 46.5 Å². The van der Waals surface area contributed by atoms with Crippen molar-refractivity contribution in [2.75, 3.05) is 126 Å². The summed E-state index contributed by atoms with van der Waals surface area (Å²) in [4.78, 5) is 89.9. The van der Waals surface area contributed by atoms with Crippen molar-refractivity contribution in [1.29, 1.82) is 0 Å². The van der Waals surface area contributed by atoms with Crippen LogP contribution in [-0.2, 0) is 33.6 Å². The average Bonchev–Trinajstić information content (AvgIpc) is 1.30.